The van der Waals surface area contributed by atoms with Crippen LogP contribution < -0.4 is 5.73 Å². The van der Waals surface area contributed by atoms with Crippen LogP contribution in [0.15, 0.2) is 0 Å². The van der Waals surface area contributed by atoms with Crippen molar-refractivity contribution in [3.8, 4) is 0 Å². The molecule has 0 saturated carbocycles. The molecule has 84 valence electrons. The first kappa shape index (κ1) is 13.4. The molecule has 0 fully saturated rings. The predicted octanol–water partition coefficient (Wildman–Crippen LogP) is 1.08. The largest absolute Gasteiger partial charge is 0.469 e. The number of carbonyl (C=O) groups is 1. The minimum Gasteiger partial charge on any atom is -0.469 e. The minimum atomic E-state index is -0.591. The Morgan fingerprint density at radius 1 is 1.29 bits per heavy atom. The van der Waals surface area contributed by atoms with Gasteiger partial charge in [-0.3, -0.25) is 4.79 Å². The van der Waals surface area contributed by atoms with Crippen LogP contribution in [0.25, 0.3) is 0 Å². The molecule has 0 spiro atoms. The van der Waals surface area contributed by atoms with Gasteiger partial charge in [-0.25, -0.2) is 0 Å². The minimum absolute atomic E-state index is 0.205. The number of nitrogens with two attached hydrogens (primary N) is 1. The van der Waals surface area contributed by atoms with E-state index in [9.17, 15) is 4.79 Å². The molecule has 0 aliphatic heterocycles. The lowest BCUT2D eigenvalue weighted by Gasteiger charge is -2.33. The monoisotopic (exact) mass is 203 g/mol. The van der Waals surface area contributed by atoms with E-state index < -0.39 is 5.54 Å². The number of hydrogen-bond acceptors (Lipinski definition) is 4. The molecule has 0 radical (unpaired) electrons. The summed E-state index contributed by atoms with van der Waals surface area (Å²) in [5.41, 5.74) is 5.06. The van der Waals surface area contributed by atoms with Crippen molar-refractivity contribution < 1.29 is 14.3 Å². The number of esters is 1. The molecule has 1 atom stereocenters. The first-order valence-electron chi connectivity index (χ1n) is 4.63. The van der Waals surface area contributed by atoms with Crippen molar-refractivity contribution in [1.82, 2.24) is 0 Å². The molecule has 14 heavy (non-hydrogen) atoms. The Hall–Kier alpha value is -0.610. The van der Waals surface area contributed by atoms with E-state index in [1.807, 2.05) is 20.8 Å². The maximum Gasteiger partial charge on any atom is 0.307 e. The van der Waals surface area contributed by atoms with Crippen LogP contribution in [-0.4, -0.2) is 31.3 Å². The molecule has 0 aromatic rings. The summed E-state index contributed by atoms with van der Waals surface area (Å²) in [6, 6.07) is 0. The smallest absolute Gasteiger partial charge is 0.307 e. The summed E-state index contributed by atoms with van der Waals surface area (Å²) in [7, 11) is 2.99. The highest BCUT2D eigenvalue weighted by atomic mass is 16.5. The van der Waals surface area contributed by atoms with Crippen molar-refractivity contribution in [2.75, 3.05) is 14.2 Å². The standard InChI is InChI=1S/C10H21NO3/c1-9(2,14-5)7-10(3,11)6-8(12)13-4/h6-7,11H2,1-5H3. The van der Waals surface area contributed by atoms with Crippen LogP contribution >= 0.6 is 0 Å². The molecule has 0 saturated heterocycles. The Balaban J connectivity index is 4.26. The zero-order valence-corrected chi connectivity index (χ0v) is 9.72. The van der Waals surface area contributed by atoms with Gasteiger partial charge in [0.2, 0.25) is 0 Å². The maximum absolute atomic E-state index is 11.1. The van der Waals surface area contributed by atoms with E-state index in [4.69, 9.17) is 10.5 Å². The molecule has 0 rings (SSSR count). The molecule has 2 N–H and O–H groups in total. The molecule has 0 heterocycles. The van der Waals surface area contributed by atoms with Crippen LogP contribution in [0.3, 0.4) is 0 Å². The van der Waals surface area contributed by atoms with E-state index in [0.717, 1.165) is 0 Å². The highest BCUT2D eigenvalue weighted by Crippen LogP contribution is 2.23. The predicted molar refractivity (Wildman–Crippen MR) is 54.9 cm³/mol. The van der Waals surface area contributed by atoms with Gasteiger partial charge in [-0.1, -0.05) is 0 Å². The summed E-state index contributed by atoms with van der Waals surface area (Å²) in [5, 5.41) is 0. The zero-order valence-electron chi connectivity index (χ0n) is 9.72. The van der Waals surface area contributed by atoms with Gasteiger partial charge in [0.25, 0.3) is 0 Å². The summed E-state index contributed by atoms with van der Waals surface area (Å²) < 4.78 is 9.83. The molecule has 0 aliphatic rings. The second-order valence-electron chi connectivity index (χ2n) is 4.55. The van der Waals surface area contributed by atoms with Gasteiger partial charge in [0.05, 0.1) is 19.1 Å². The molecule has 0 amide bonds. The Morgan fingerprint density at radius 2 is 1.79 bits per heavy atom. The van der Waals surface area contributed by atoms with Gasteiger partial charge in [-0.05, 0) is 27.2 Å². The Kier molecular flexibility index (Phi) is 4.55. The fourth-order valence-electron chi connectivity index (χ4n) is 1.51. The van der Waals surface area contributed by atoms with Crippen LogP contribution in [0.2, 0.25) is 0 Å². The maximum atomic E-state index is 11.1. The third-order valence-electron chi connectivity index (χ3n) is 2.16. The van der Waals surface area contributed by atoms with Gasteiger partial charge in [0.15, 0.2) is 0 Å². The molecular weight excluding hydrogens is 182 g/mol. The molecular formula is C10H21NO3. The van der Waals surface area contributed by atoms with E-state index in [0.29, 0.717) is 6.42 Å². The summed E-state index contributed by atoms with van der Waals surface area (Å²) in [6.45, 7) is 5.70. The lowest BCUT2D eigenvalue weighted by Crippen LogP contribution is -2.45. The second-order valence-corrected chi connectivity index (χ2v) is 4.55. The third-order valence-corrected chi connectivity index (χ3v) is 2.16. The average molecular weight is 203 g/mol. The summed E-state index contributed by atoms with van der Waals surface area (Å²) in [5.74, 6) is -0.290. The normalized spacial score (nSPS) is 16.1. The van der Waals surface area contributed by atoms with E-state index in [-0.39, 0.29) is 18.0 Å². The molecule has 4 heteroatoms. The number of methoxy groups -OCH3 is 2. The van der Waals surface area contributed by atoms with Crippen molar-refractivity contribution in [2.45, 2.75) is 44.8 Å². The number of ether oxygens (including phenoxy) is 2. The van der Waals surface area contributed by atoms with Gasteiger partial charge >= 0.3 is 5.97 Å². The Morgan fingerprint density at radius 3 is 2.14 bits per heavy atom. The fraction of sp³-hybridized carbons (Fsp3) is 0.900. The first-order chi connectivity index (χ1) is 6.22. The van der Waals surface area contributed by atoms with Gasteiger partial charge in [-0.2, -0.15) is 0 Å². The number of carbonyl (C=O) groups excluding carboxylic acids is 1. The van der Waals surface area contributed by atoms with E-state index in [2.05, 4.69) is 4.74 Å². The third kappa shape index (κ3) is 5.19. The van der Waals surface area contributed by atoms with Crippen LogP contribution in [0.1, 0.15) is 33.6 Å². The SMILES string of the molecule is COC(=O)CC(C)(N)CC(C)(C)OC. The average Bonchev–Trinajstić information content (AvgIpc) is 2.01. The quantitative estimate of drug-likeness (QED) is 0.679. The van der Waals surface area contributed by atoms with Gasteiger partial charge in [-0.15, -0.1) is 0 Å². The van der Waals surface area contributed by atoms with Crippen LogP contribution in [0, 0.1) is 0 Å². The number of rotatable bonds is 5. The molecule has 4 nitrogen and oxygen atoms in total. The number of hydrogen-bond donors (Lipinski definition) is 1. The molecule has 0 aromatic heterocycles. The van der Waals surface area contributed by atoms with Crippen LogP contribution in [0.5, 0.6) is 0 Å². The zero-order chi connectivity index (χ0) is 11.4. The van der Waals surface area contributed by atoms with Crippen LogP contribution in [-0.2, 0) is 14.3 Å². The van der Waals surface area contributed by atoms with Crippen molar-refractivity contribution >= 4 is 5.97 Å². The second kappa shape index (κ2) is 4.75. The first-order valence-corrected chi connectivity index (χ1v) is 4.63. The van der Waals surface area contributed by atoms with Crippen molar-refractivity contribution in [3.63, 3.8) is 0 Å². The van der Waals surface area contributed by atoms with Gasteiger partial charge in [0, 0.05) is 12.6 Å². The lowest BCUT2D eigenvalue weighted by molar-refractivity contribution is -0.142. The fourth-order valence-corrected chi connectivity index (χ4v) is 1.51. The Bertz CT molecular complexity index is 200. The topological polar surface area (TPSA) is 61.5 Å². The summed E-state index contributed by atoms with van der Waals surface area (Å²) in [4.78, 5) is 11.1. The lowest BCUT2D eigenvalue weighted by atomic mass is 9.86. The van der Waals surface area contributed by atoms with E-state index >= 15 is 0 Å². The highest BCUT2D eigenvalue weighted by molar-refractivity contribution is 5.70. The van der Waals surface area contributed by atoms with E-state index in [1.165, 1.54) is 7.11 Å². The van der Waals surface area contributed by atoms with Gasteiger partial charge < -0.3 is 15.2 Å². The van der Waals surface area contributed by atoms with Crippen LogP contribution in [0.4, 0.5) is 0 Å². The summed E-state index contributed by atoms with van der Waals surface area (Å²) >= 11 is 0. The summed E-state index contributed by atoms with van der Waals surface area (Å²) in [6.07, 6.45) is 0.807. The van der Waals surface area contributed by atoms with Crippen molar-refractivity contribution in [3.05, 3.63) is 0 Å². The van der Waals surface area contributed by atoms with Crippen molar-refractivity contribution in [1.29, 1.82) is 0 Å². The molecule has 0 aromatic carbocycles. The molecule has 0 bridgehead atoms. The molecule has 0 aliphatic carbocycles. The highest BCUT2D eigenvalue weighted by Gasteiger charge is 2.31. The molecule has 1 unspecified atom stereocenters. The van der Waals surface area contributed by atoms with E-state index in [1.54, 1.807) is 7.11 Å². The van der Waals surface area contributed by atoms with Crippen molar-refractivity contribution in [2.24, 2.45) is 5.73 Å². The Labute approximate surface area is 85.8 Å². The van der Waals surface area contributed by atoms with Gasteiger partial charge in [0.1, 0.15) is 0 Å².